The molecular weight excluding hydrogens is 525 g/mol. The number of pyridine rings is 1. The van der Waals surface area contributed by atoms with Gasteiger partial charge in [-0.15, -0.1) is 4.58 Å². The molecule has 0 radical (unpaired) electrons. The summed E-state index contributed by atoms with van der Waals surface area (Å²) in [7, 11) is -4.20. The number of amides is 1. The van der Waals surface area contributed by atoms with Gasteiger partial charge in [0.1, 0.15) is 0 Å². The van der Waals surface area contributed by atoms with E-state index in [1.165, 1.54) is 22.6 Å². The fraction of sp³-hybridized carbons (Fsp3) is 0.700. The minimum atomic E-state index is -5.61. The van der Waals surface area contributed by atoms with Crippen LogP contribution in [0, 0.1) is 0 Å². The van der Waals surface area contributed by atoms with Crippen LogP contribution >= 0.6 is 11.8 Å². The molecule has 0 spiro atoms. The van der Waals surface area contributed by atoms with Crippen LogP contribution in [0.2, 0.25) is 0 Å². The van der Waals surface area contributed by atoms with E-state index in [4.69, 9.17) is 16.5 Å². The maximum Gasteiger partial charge on any atom is 0.453 e. The minimum absolute atomic E-state index is 0.0112. The third-order valence-corrected chi connectivity index (χ3v) is 9.32. The Kier molecular flexibility index (Phi) is 8.31. The van der Waals surface area contributed by atoms with E-state index >= 15 is 0 Å². The van der Waals surface area contributed by atoms with E-state index in [1.54, 1.807) is 0 Å². The zero-order valence-electron chi connectivity index (χ0n) is 18.5. The van der Waals surface area contributed by atoms with Crippen LogP contribution in [-0.4, -0.2) is 76.6 Å². The lowest BCUT2D eigenvalue weighted by atomic mass is 9.93. The Labute approximate surface area is 204 Å². The van der Waals surface area contributed by atoms with Crippen molar-refractivity contribution in [2.45, 2.75) is 61.3 Å². The number of carbonyl (C=O) groups excluding carboxylic acids is 1. The highest BCUT2D eigenvalue weighted by Crippen LogP contribution is 2.40. The van der Waals surface area contributed by atoms with Crippen LogP contribution < -0.4 is 0 Å². The van der Waals surface area contributed by atoms with Crippen molar-refractivity contribution in [3.8, 4) is 0 Å². The van der Waals surface area contributed by atoms with Gasteiger partial charge in [-0.2, -0.15) is 22.0 Å². The van der Waals surface area contributed by atoms with Crippen molar-refractivity contribution in [1.29, 1.82) is 0 Å². The Hall–Kier alpha value is -1.61. The standard InChI is InChI=1S/C20H25ClF5N3O5S/c21-29(31)17(30)18(7-11-34-12-8-18)35(32,33)28-9-4-15(5-10-28)16-2-1-14(13-27-16)3-6-19(22,23)20(24,25)26/h1-2,13,15,31H,3-12H2. The Balaban J connectivity index is 1.64. The van der Waals surface area contributed by atoms with Gasteiger partial charge in [-0.3, -0.25) is 15.0 Å². The fourth-order valence-electron chi connectivity index (χ4n) is 4.36. The van der Waals surface area contributed by atoms with Crippen LogP contribution in [0.5, 0.6) is 0 Å². The van der Waals surface area contributed by atoms with Crippen LogP contribution in [0.25, 0.3) is 0 Å². The molecule has 35 heavy (non-hydrogen) atoms. The molecule has 0 atom stereocenters. The number of piperidine rings is 1. The third kappa shape index (κ3) is 5.71. The molecule has 3 heterocycles. The number of hydroxylamine groups is 1. The van der Waals surface area contributed by atoms with E-state index in [2.05, 4.69) is 4.98 Å². The second-order valence-corrected chi connectivity index (χ2v) is 11.2. The monoisotopic (exact) mass is 549 g/mol. The molecule has 2 fully saturated rings. The summed E-state index contributed by atoms with van der Waals surface area (Å²) in [6.07, 6.45) is -5.86. The molecule has 0 aromatic carbocycles. The number of rotatable bonds is 7. The van der Waals surface area contributed by atoms with E-state index in [0.29, 0.717) is 18.5 Å². The first-order chi connectivity index (χ1) is 16.2. The number of aryl methyl sites for hydroxylation is 1. The largest absolute Gasteiger partial charge is 0.453 e. The lowest BCUT2D eigenvalue weighted by molar-refractivity contribution is -0.284. The summed E-state index contributed by atoms with van der Waals surface area (Å²) in [5.41, 5.74) is 0.791. The first kappa shape index (κ1) is 28.0. The van der Waals surface area contributed by atoms with Gasteiger partial charge in [0.05, 0.1) is 0 Å². The lowest BCUT2D eigenvalue weighted by Crippen LogP contribution is -2.59. The van der Waals surface area contributed by atoms with Crippen molar-refractivity contribution in [2.75, 3.05) is 26.3 Å². The van der Waals surface area contributed by atoms with E-state index < -0.39 is 45.6 Å². The number of halogens is 6. The van der Waals surface area contributed by atoms with Gasteiger partial charge in [-0.25, -0.2) is 12.7 Å². The van der Waals surface area contributed by atoms with Gasteiger partial charge in [-0.05, 0) is 30.9 Å². The molecule has 198 valence electrons. The summed E-state index contributed by atoms with van der Waals surface area (Å²) in [5, 5.41) is 9.46. The van der Waals surface area contributed by atoms with Gasteiger partial charge in [0.25, 0.3) is 5.91 Å². The molecule has 1 N–H and O–H groups in total. The molecule has 1 aromatic rings. The fourth-order valence-corrected chi connectivity index (χ4v) is 6.75. The molecule has 3 rings (SSSR count). The first-order valence-electron chi connectivity index (χ1n) is 10.9. The van der Waals surface area contributed by atoms with Gasteiger partial charge in [0.2, 0.25) is 10.0 Å². The highest BCUT2D eigenvalue weighted by atomic mass is 35.5. The molecule has 2 aliphatic heterocycles. The van der Waals surface area contributed by atoms with E-state index in [-0.39, 0.29) is 55.2 Å². The molecule has 15 heteroatoms. The van der Waals surface area contributed by atoms with Gasteiger partial charge in [0.15, 0.2) is 4.75 Å². The van der Waals surface area contributed by atoms with Crippen LogP contribution in [0.4, 0.5) is 22.0 Å². The highest BCUT2D eigenvalue weighted by Gasteiger charge is 2.57. The van der Waals surface area contributed by atoms with Gasteiger partial charge in [-0.1, -0.05) is 6.07 Å². The average Bonchev–Trinajstić information content (AvgIpc) is 2.82. The minimum Gasteiger partial charge on any atom is -0.381 e. The van der Waals surface area contributed by atoms with Crippen molar-refractivity contribution < 1.29 is 45.1 Å². The molecule has 0 saturated carbocycles. The summed E-state index contributed by atoms with van der Waals surface area (Å²) in [6.45, 7) is 0.157. The second kappa shape index (κ2) is 10.4. The Bertz CT molecular complexity index is 993. The quantitative estimate of drug-likeness (QED) is 0.241. The summed E-state index contributed by atoms with van der Waals surface area (Å²) in [4.78, 5) is 16.7. The normalized spacial score (nSPS) is 20.5. The lowest BCUT2D eigenvalue weighted by Gasteiger charge is -2.41. The smallest absolute Gasteiger partial charge is 0.381 e. The van der Waals surface area contributed by atoms with Crippen molar-refractivity contribution >= 4 is 27.7 Å². The number of nitrogens with zero attached hydrogens (tertiary/aromatic N) is 3. The van der Waals surface area contributed by atoms with Crippen LogP contribution in [0.1, 0.15) is 49.3 Å². The Morgan fingerprint density at radius 2 is 1.80 bits per heavy atom. The predicted octanol–water partition coefficient (Wildman–Crippen LogP) is 3.64. The number of hydrogen-bond donors (Lipinski definition) is 1. The molecule has 0 aliphatic carbocycles. The number of sulfonamides is 1. The average molecular weight is 550 g/mol. The van der Waals surface area contributed by atoms with Gasteiger partial charge in [0, 0.05) is 75.2 Å². The zero-order valence-corrected chi connectivity index (χ0v) is 20.1. The first-order valence-corrected chi connectivity index (χ1v) is 12.7. The molecule has 2 aliphatic rings. The molecule has 0 unspecified atom stereocenters. The van der Waals surface area contributed by atoms with Crippen molar-refractivity contribution in [1.82, 2.24) is 13.9 Å². The summed E-state index contributed by atoms with van der Waals surface area (Å²) >= 11 is 5.39. The number of carbonyl (C=O) groups is 1. The van der Waals surface area contributed by atoms with Crippen molar-refractivity contribution in [3.63, 3.8) is 0 Å². The molecule has 2 saturated heterocycles. The molecule has 0 bridgehead atoms. The number of alkyl halides is 5. The van der Waals surface area contributed by atoms with Crippen molar-refractivity contribution in [3.05, 3.63) is 29.6 Å². The van der Waals surface area contributed by atoms with Gasteiger partial charge < -0.3 is 4.74 Å². The number of ether oxygens (including phenoxy) is 1. The summed E-state index contributed by atoms with van der Waals surface area (Å²) < 4.78 is 94.3. The van der Waals surface area contributed by atoms with Gasteiger partial charge >= 0.3 is 12.1 Å². The zero-order chi connectivity index (χ0) is 26.1. The van der Waals surface area contributed by atoms with E-state index in [1.807, 2.05) is 0 Å². The second-order valence-electron chi connectivity index (χ2n) is 8.64. The number of aromatic nitrogens is 1. The summed E-state index contributed by atoms with van der Waals surface area (Å²) in [5.74, 6) is -6.10. The summed E-state index contributed by atoms with van der Waals surface area (Å²) in [6, 6.07) is 2.97. The maximum absolute atomic E-state index is 13.4. The van der Waals surface area contributed by atoms with Crippen molar-refractivity contribution in [2.24, 2.45) is 0 Å². The Morgan fingerprint density at radius 3 is 2.29 bits per heavy atom. The van der Waals surface area contributed by atoms with E-state index in [0.717, 1.165) is 0 Å². The molecule has 1 aromatic heterocycles. The molecule has 8 nitrogen and oxygen atoms in total. The molecular formula is C20H25ClF5N3O5S. The van der Waals surface area contributed by atoms with Crippen LogP contribution in [0.3, 0.4) is 0 Å². The number of hydrogen-bond acceptors (Lipinski definition) is 6. The van der Waals surface area contributed by atoms with Crippen LogP contribution in [0.15, 0.2) is 18.3 Å². The van der Waals surface area contributed by atoms with E-state index in [9.17, 15) is 40.4 Å². The predicted molar refractivity (Wildman–Crippen MR) is 113 cm³/mol. The highest BCUT2D eigenvalue weighted by molar-refractivity contribution is 7.91. The topological polar surface area (TPSA) is 100 Å². The van der Waals surface area contributed by atoms with Crippen LogP contribution in [-0.2, 0) is 26.0 Å². The Morgan fingerprint density at radius 1 is 1.20 bits per heavy atom. The SMILES string of the molecule is O=C(N(O)Cl)C1(S(=O)(=O)N2CCC(c3ccc(CCC(F)(F)C(F)(F)F)cn3)CC2)CCOCC1. The molecule has 1 amide bonds. The third-order valence-electron chi connectivity index (χ3n) is 6.55. The maximum atomic E-state index is 13.4.